The van der Waals surface area contributed by atoms with Gasteiger partial charge in [0, 0.05) is 17.8 Å². The van der Waals surface area contributed by atoms with Crippen LogP contribution in [-0.4, -0.2) is 18.7 Å². The Bertz CT molecular complexity index is 692. The molecular formula is C19H20N2O. The van der Waals surface area contributed by atoms with Crippen molar-refractivity contribution in [2.45, 2.75) is 19.9 Å². The Hall–Kier alpha value is -2.42. The summed E-state index contributed by atoms with van der Waals surface area (Å²) >= 11 is 0. The molecule has 0 fully saturated rings. The number of amides is 1. The molecule has 0 radical (unpaired) electrons. The SMILES string of the molecule is CC(C)CN1C(=O)C=NC(c2ccccc2)c2ccccc21. The number of fused-ring (bicyclic) bond motifs is 1. The summed E-state index contributed by atoms with van der Waals surface area (Å²) in [4.78, 5) is 18.9. The van der Waals surface area contributed by atoms with E-state index >= 15 is 0 Å². The van der Waals surface area contributed by atoms with E-state index in [1.54, 1.807) is 0 Å². The third kappa shape index (κ3) is 2.80. The zero-order chi connectivity index (χ0) is 15.5. The molecule has 3 heteroatoms. The van der Waals surface area contributed by atoms with Gasteiger partial charge in [-0.2, -0.15) is 0 Å². The Morgan fingerprint density at radius 1 is 1.05 bits per heavy atom. The number of para-hydroxylation sites is 1. The summed E-state index contributed by atoms with van der Waals surface area (Å²) in [5.41, 5.74) is 3.15. The first-order chi connectivity index (χ1) is 10.7. The highest BCUT2D eigenvalue weighted by Gasteiger charge is 2.26. The topological polar surface area (TPSA) is 32.7 Å². The van der Waals surface area contributed by atoms with Crippen LogP contribution in [0.1, 0.15) is 31.0 Å². The normalized spacial score (nSPS) is 17.5. The maximum absolute atomic E-state index is 12.5. The van der Waals surface area contributed by atoms with Crippen molar-refractivity contribution >= 4 is 17.8 Å². The van der Waals surface area contributed by atoms with Gasteiger partial charge in [0.25, 0.3) is 5.91 Å². The number of hydrogen-bond acceptors (Lipinski definition) is 2. The van der Waals surface area contributed by atoms with E-state index in [4.69, 9.17) is 0 Å². The van der Waals surface area contributed by atoms with Crippen LogP contribution in [0, 0.1) is 5.92 Å². The molecule has 1 amide bonds. The van der Waals surface area contributed by atoms with Crippen molar-refractivity contribution in [2.75, 3.05) is 11.4 Å². The summed E-state index contributed by atoms with van der Waals surface area (Å²) < 4.78 is 0. The predicted octanol–water partition coefficient (Wildman–Crippen LogP) is 3.85. The highest BCUT2D eigenvalue weighted by molar-refractivity contribution is 6.33. The third-order valence-electron chi connectivity index (χ3n) is 3.79. The summed E-state index contributed by atoms with van der Waals surface area (Å²) in [6.07, 6.45) is 1.47. The van der Waals surface area contributed by atoms with E-state index in [1.165, 1.54) is 6.21 Å². The lowest BCUT2D eigenvalue weighted by Crippen LogP contribution is -2.34. The van der Waals surface area contributed by atoms with Gasteiger partial charge in [-0.05, 0) is 17.5 Å². The highest BCUT2D eigenvalue weighted by atomic mass is 16.2. The number of anilines is 1. The Morgan fingerprint density at radius 3 is 2.45 bits per heavy atom. The van der Waals surface area contributed by atoms with E-state index in [9.17, 15) is 4.79 Å². The molecule has 0 N–H and O–H groups in total. The summed E-state index contributed by atoms with van der Waals surface area (Å²) in [7, 11) is 0. The van der Waals surface area contributed by atoms with Crippen LogP contribution in [0.3, 0.4) is 0 Å². The molecule has 0 aromatic heterocycles. The minimum atomic E-state index is -0.126. The van der Waals surface area contributed by atoms with E-state index in [0.29, 0.717) is 12.5 Å². The monoisotopic (exact) mass is 292 g/mol. The second-order valence-corrected chi connectivity index (χ2v) is 5.99. The maximum Gasteiger partial charge on any atom is 0.269 e. The lowest BCUT2D eigenvalue weighted by Gasteiger charge is -2.25. The van der Waals surface area contributed by atoms with Gasteiger partial charge in [0.1, 0.15) is 6.04 Å². The van der Waals surface area contributed by atoms with Gasteiger partial charge in [-0.25, -0.2) is 0 Å². The second-order valence-electron chi connectivity index (χ2n) is 5.99. The Morgan fingerprint density at radius 2 is 1.73 bits per heavy atom. The fourth-order valence-corrected chi connectivity index (χ4v) is 2.83. The van der Waals surface area contributed by atoms with Crippen LogP contribution in [0.15, 0.2) is 59.6 Å². The number of carbonyl (C=O) groups is 1. The summed E-state index contributed by atoms with van der Waals surface area (Å²) in [5, 5.41) is 0. The molecule has 1 aliphatic rings. The standard InChI is InChI=1S/C19H20N2O/c1-14(2)13-21-17-11-7-6-10-16(17)19(20-12-18(21)22)15-8-4-3-5-9-15/h3-12,14,19H,13H2,1-2H3. The molecule has 1 aliphatic heterocycles. The van der Waals surface area contributed by atoms with Gasteiger partial charge < -0.3 is 4.90 Å². The van der Waals surface area contributed by atoms with Crippen molar-refractivity contribution in [1.82, 2.24) is 0 Å². The molecule has 1 heterocycles. The second kappa shape index (κ2) is 6.14. The van der Waals surface area contributed by atoms with E-state index in [-0.39, 0.29) is 11.9 Å². The Balaban J connectivity index is 2.11. The molecule has 2 aromatic rings. The first kappa shape index (κ1) is 14.5. The van der Waals surface area contributed by atoms with E-state index in [2.05, 4.69) is 37.0 Å². The first-order valence-corrected chi connectivity index (χ1v) is 7.65. The molecule has 0 saturated carbocycles. The number of benzene rings is 2. The summed E-state index contributed by atoms with van der Waals surface area (Å²) in [6, 6.07) is 18.1. The smallest absolute Gasteiger partial charge is 0.269 e. The van der Waals surface area contributed by atoms with Gasteiger partial charge in [-0.1, -0.05) is 62.4 Å². The van der Waals surface area contributed by atoms with Gasteiger partial charge in [0.15, 0.2) is 0 Å². The molecule has 0 spiro atoms. The molecule has 0 aliphatic carbocycles. The fourth-order valence-electron chi connectivity index (χ4n) is 2.83. The third-order valence-corrected chi connectivity index (χ3v) is 3.79. The van der Waals surface area contributed by atoms with Gasteiger partial charge in [0.2, 0.25) is 0 Å². The molecule has 0 bridgehead atoms. The van der Waals surface area contributed by atoms with Crippen LogP contribution in [-0.2, 0) is 4.79 Å². The Labute approximate surface area is 131 Å². The zero-order valence-electron chi connectivity index (χ0n) is 12.9. The highest BCUT2D eigenvalue weighted by Crippen LogP contribution is 2.35. The van der Waals surface area contributed by atoms with Crippen molar-refractivity contribution in [3.63, 3.8) is 0 Å². The van der Waals surface area contributed by atoms with E-state index in [0.717, 1.165) is 16.8 Å². The van der Waals surface area contributed by atoms with Crippen molar-refractivity contribution in [3.8, 4) is 0 Å². The van der Waals surface area contributed by atoms with Crippen LogP contribution < -0.4 is 4.90 Å². The molecule has 3 rings (SSSR count). The zero-order valence-corrected chi connectivity index (χ0v) is 12.9. The number of aliphatic imine (C=N–C) groups is 1. The molecule has 3 nitrogen and oxygen atoms in total. The number of rotatable bonds is 3. The van der Waals surface area contributed by atoms with Crippen molar-refractivity contribution < 1.29 is 4.79 Å². The molecule has 2 aromatic carbocycles. The van der Waals surface area contributed by atoms with Gasteiger partial charge in [0.05, 0.1) is 6.21 Å². The van der Waals surface area contributed by atoms with Crippen LogP contribution in [0.2, 0.25) is 0 Å². The van der Waals surface area contributed by atoms with Crippen LogP contribution in [0.25, 0.3) is 0 Å². The fraction of sp³-hybridized carbons (Fsp3) is 0.263. The van der Waals surface area contributed by atoms with E-state index in [1.807, 2.05) is 41.3 Å². The number of nitrogens with zero attached hydrogens (tertiary/aromatic N) is 2. The number of carbonyl (C=O) groups excluding carboxylic acids is 1. The van der Waals surface area contributed by atoms with Crippen molar-refractivity contribution in [1.29, 1.82) is 0 Å². The van der Waals surface area contributed by atoms with Gasteiger partial charge >= 0.3 is 0 Å². The lowest BCUT2D eigenvalue weighted by atomic mass is 9.97. The van der Waals surface area contributed by atoms with Crippen LogP contribution >= 0.6 is 0 Å². The van der Waals surface area contributed by atoms with Crippen LogP contribution in [0.4, 0.5) is 5.69 Å². The first-order valence-electron chi connectivity index (χ1n) is 7.65. The average molecular weight is 292 g/mol. The molecule has 112 valence electrons. The lowest BCUT2D eigenvalue weighted by molar-refractivity contribution is -0.112. The van der Waals surface area contributed by atoms with Crippen LogP contribution in [0.5, 0.6) is 0 Å². The quantitative estimate of drug-likeness (QED) is 0.845. The predicted molar refractivity (Wildman–Crippen MR) is 90.4 cm³/mol. The van der Waals surface area contributed by atoms with Crippen molar-refractivity contribution in [3.05, 3.63) is 65.7 Å². The Kier molecular flexibility index (Phi) is 4.05. The molecule has 1 unspecified atom stereocenters. The molecular weight excluding hydrogens is 272 g/mol. The summed E-state index contributed by atoms with van der Waals surface area (Å²) in [5.74, 6) is 0.360. The molecule has 0 saturated heterocycles. The number of hydrogen-bond donors (Lipinski definition) is 0. The average Bonchev–Trinajstić information content (AvgIpc) is 2.66. The largest absolute Gasteiger partial charge is 0.307 e. The summed E-state index contributed by atoms with van der Waals surface area (Å²) in [6.45, 7) is 4.93. The van der Waals surface area contributed by atoms with E-state index < -0.39 is 0 Å². The minimum absolute atomic E-state index is 0.0421. The maximum atomic E-state index is 12.5. The minimum Gasteiger partial charge on any atom is -0.307 e. The molecule has 1 atom stereocenters. The molecule has 22 heavy (non-hydrogen) atoms. The van der Waals surface area contributed by atoms with Crippen molar-refractivity contribution in [2.24, 2.45) is 10.9 Å². The van der Waals surface area contributed by atoms with Gasteiger partial charge in [-0.15, -0.1) is 0 Å². The van der Waals surface area contributed by atoms with Gasteiger partial charge in [-0.3, -0.25) is 9.79 Å².